The van der Waals surface area contributed by atoms with Crippen molar-refractivity contribution in [3.05, 3.63) is 71.0 Å². The monoisotopic (exact) mass is 415 g/mol. The van der Waals surface area contributed by atoms with Crippen LogP contribution in [0.2, 0.25) is 0 Å². The summed E-state index contributed by atoms with van der Waals surface area (Å²) in [6.07, 6.45) is 1.60. The molecule has 156 valence electrons. The predicted octanol–water partition coefficient (Wildman–Crippen LogP) is 3.41. The first kappa shape index (κ1) is 19.1. The molecule has 3 heterocycles. The number of hydrogen-bond donors (Lipinski definition) is 2. The number of anilines is 4. The van der Waals surface area contributed by atoms with Crippen molar-refractivity contribution in [1.29, 1.82) is 0 Å². The van der Waals surface area contributed by atoms with E-state index >= 15 is 0 Å². The number of nitrogens with zero attached hydrogens (tertiary/aromatic N) is 3. The van der Waals surface area contributed by atoms with Gasteiger partial charge in [0.25, 0.3) is 0 Å². The van der Waals surface area contributed by atoms with Crippen LogP contribution in [0, 0.1) is 0 Å². The summed E-state index contributed by atoms with van der Waals surface area (Å²) in [6, 6.07) is 16.6. The van der Waals surface area contributed by atoms with Crippen molar-refractivity contribution in [3.63, 3.8) is 0 Å². The average molecular weight is 415 g/mol. The Morgan fingerprint density at radius 2 is 1.84 bits per heavy atom. The van der Waals surface area contributed by atoms with Crippen LogP contribution in [0.15, 0.2) is 70.0 Å². The average Bonchev–Trinajstić information content (AvgIpc) is 2.80. The third-order valence-corrected chi connectivity index (χ3v) is 5.19. The Balaban J connectivity index is 1.50. The highest BCUT2D eigenvalue weighted by molar-refractivity contribution is 5.92. The van der Waals surface area contributed by atoms with Gasteiger partial charge in [0.05, 0.1) is 18.6 Å². The number of nitrogens with two attached hydrogens (primary N) is 1. The zero-order chi connectivity index (χ0) is 21.2. The van der Waals surface area contributed by atoms with Crippen LogP contribution in [-0.2, 0) is 4.74 Å². The molecule has 0 saturated carbocycles. The number of benzene rings is 2. The number of hydrogen-bond acceptors (Lipinski definition) is 8. The fourth-order valence-corrected chi connectivity index (χ4v) is 3.63. The lowest BCUT2D eigenvalue weighted by Crippen LogP contribution is -2.36. The normalized spacial score (nSPS) is 14.0. The second-order valence-electron chi connectivity index (χ2n) is 7.24. The summed E-state index contributed by atoms with van der Waals surface area (Å²) in [5, 5.41) is 3.69. The maximum Gasteiger partial charge on any atom is 0.229 e. The largest absolute Gasteiger partial charge is 0.440 e. The highest BCUT2D eigenvalue weighted by Crippen LogP contribution is 2.31. The Labute approximate surface area is 178 Å². The summed E-state index contributed by atoms with van der Waals surface area (Å²) in [5.41, 5.74) is 8.85. The molecule has 1 aliphatic heterocycles. The summed E-state index contributed by atoms with van der Waals surface area (Å²) < 4.78 is 11.6. The molecule has 5 rings (SSSR count). The number of ether oxygens (including phenoxy) is 1. The van der Waals surface area contributed by atoms with Gasteiger partial charge in [0.15, 0.2) is 11.3 Å². The van der Waals surface area contributed by atoms with E-state index in [4.69, 9.17) is 14.9 Å². The summed E-state index contributed by atoms with van der Waals surface area (Å²) in [6.45, 7) is 2.63. The molecule has 31 heavy (non-hydrogen) atoms. The van der Waals surface area contributed by atoms with Crippen molar-refractivity contribution >= 4 is 34.3 Å². The fourth-order valence-electron chi connectivity index (χ4n) is 3.63. The summed E-state index contributed by atoms with van der Waals surface area (Å²) in [5.74, 6) is 1.40. The van der Waals surface area contributed by atoms with Gasteiger partial charge in [0, 0.05) is 36.6 Å². The summed E-state index contributed by atoms with van der Waals surface area (Å²) in [4.78, 5) is 23.1. The lowest BCUT2D eigenvalue weighted by Gasteiger charge is -2.27. The van der Waals surface area contributed by atoms with Crippen molar-refractivity contribution in [2.45, 2.75) is 0 Å². The number of aromatic nitrogens is 2. The van der Waals surface area contributed by atoms with E-state index in [0.717, 1.165) is 16.8 Å². The van der Waals surface area contributed by atoms with E-state index in [1.807, 2.05) is 41.3 Å². The number of para-hydroxylation sites is 1. The van der Waals surface area contributed by atoms with Crippen molar-refractivity contribution in [3.8, 4) is 11.1 Å². The second kappa shape index (κ2) is 8.08. The van der Waals surface area contributed by atoms with Crippen LogP contribution in [0.1, 0.15) is 0 Å². The first-order valence-corrected chi connectivity index (χ1v) is 10.0. The first-order valence-electron chi connectivity index (χ1n) is 10.0. The van der Waals surface area contributed by atoms with Gasteiger partial charge in [-0.15, -0.1) is 0 Å². The molecule has 0 aliphatic carbocycles. The van der Waals surface area contributed by atoms with Crippen molar-refractivity contribution in [1.82, 2.24) is 9.97 Å². The molecular formula is C23H21N5O3. The Bertz CT molecular complexity index is 1280. The molecule has 0 atom stereocenters. The molecule has 0 radical (unpaired) electrons. The number of fused-ring (bicyclic) bond motifs is 1. The Morgan fingerprint density at radius 3 is 2.61 bits per heavy atom. The van der Waals surface area contributed by atoms with Gasteiger partial charge in [-0.1, -0.05) is 24.3 Å². The second-order valence-corrected chi connectivity index (χ2v) is 7.24. The smallest absolute Gasteiger partial charge is 0.229 e. The molecule has 0 amide bonds. The number of nitrogen functional groups attached to an aromatic ring is 1. The van der Waals surface area contributed by atoms with Crippen molar-refractivity contribution in [2.75, 3.05) is 42.3 Å². The van der Waals surface area contributed by atoms with Crippen molar-refractivity contribution in [2.24, 2.45) is 0 Å². The quantitative estimate of drug-likeness (QED) is 0.522. The van der Waals surface area contributed by atoms with E-state index in [-0.39, 0.29) is 5.43 Å². The predicted molar refractivity (Wildman–Crippen MR) is 121 cm³/mol. The number of nitrogens with one attached hydrogen (secondary N) is 1. The third kappa shape index (κ3) is 3.93. The topological polar surface area (TPSA) is 107 Å². The number of rotatable bonds is 4. The van der Waals surface area contributed by atoms with Gasteiger partial charge in [-0.25, -0.2) is 4.98 Å². The van der Waals surface area contributed by atoms with Crippen LogP contribution < -0.4 is 21.4 Å². The summed E-state index contributed by atoms with van der Waals surface area (Å²) in [7, 11) is 0. The first-order chi connectivity index (χ1) is 15.2. The molecule has 1 saturated heterocycles. The van der Waals surface area contributed by atoms with Crippen LogP contribution in [0.5, 0.6) is 0 Å². The maximum absolute atomic E-state index is 12.8. The molecular weight excluding hydrogens is 394 g/mol. The van der Waals surface area contributed by atoms with Gasteiger partial charge >= 0.3 is 0 Å². The Kier molecular flexibility index (Phi) is 4.97. The molecule has 8 heteroatoms. The van der Waals surface area contributed by atoms with E-state index in [0.29, 0.717) is 54.9 Å². The molecule has 0 unspecified atom stereocenters. The highest BCUT2D eigenvalue weighted by atomic mass is 16.5. The lowest BCUT2D eigenvalue weighted by molar-refractivity contribution is 0.121. The molecule has 3 N–H and O–H groups in total. The molecule has 4 aromatic rings. The Morgan fingerprint density at radius 1 is 1.03 bits per heavy atom. The van der Waals surface area contributed by atoms with Gasteiger partial charge in [-0.2, -0.15) is 4.98 Å². The van der Waals surface area contributed by atoms with Gasteiger partial charge in [-0.3, -0.25) is 4.79 Å². The molecule has 2 aromatic heterocycles. The van der Waals surface area contributed by atoms with E-state index in [2.05, 4.69) is 15.3 Å². The van der Waals surface area contributed by atoms with E-state index in [1.165, 1.54) is 0 Å². The molecule has 0 spiro atoms. The maximum atomic E-state index is 12.8. The zero-order valence-electron chi connectivity index (χ0n) is 16.7. The van der Waals surface area contributed by atoms with Crippen LogP contribution in [-0.4, -0.2) is 36.3 Å². The summed E-state index contributed by atoms with van der Waals surface area (Å²) >= 11 is 0. The van der Waals surface area contributed by atoms with E-state index in [9.17, 15) is 4.79 Å². The van der Waals surface area contributed by atoms with Gasteiger partial charge < -0.3 is 25.1 Å². The van der Waals surface area contributed by atoms with Crippen LogP contribution in [0.3, 0.4) is 0 Å². The van der Waals surface area contributed by atoms with Crippen molar-refractivity contribution < 1.29 is 9.15 Å². The molecule has 8 nitrogen and oxygen atoms in total. The number of morpholine rings is 1. The van der Waals surface area contributed by atoms with Gasteiger partial charge in [-0.05, 0) is 29.8 Å². The fraction of sp³-hybridized carbons (Fsp3) is 0.174. The minimum atomic E-state index is -0.0540. The minimum absolute atomic E-state index is 0.0540. The van der Waals surface area contributed by atoms with Crippen LogP contribution >= 0.6 is 0 Å². The zero-order valence-corrected chi connectivity index (χ0v) is 16.7. The third-order valence-electron chi connectivity index (χ3n) is 5.19. The molecule has 1 fully saturated rings. The molecule has 0 bridgehead atoms. The SMILES string of the molecule is Nc1ccnc(Nc2ccc(-c3cccc4c(=O)cc(N5CCOCC5)oc34)cc2)n1. The minimum Gasteiger partial charge on any atom is -0.440 e. The lowest BCUT2D eigenvalue weighted by atomic mass is 10.0. The molecule has 2 aromatic carbocycles. The van der Waals surface area contributed by atoms with Gasteiger partial charge in [0.2, 0.25) is 5.95 Å². The van der Waals surface area contributed by atoms with Crippen LogP contribution in [0.25, 0.3) is 22.1 Å². The van der Waals surface area contributed by atoms with E-state index < -0.39 is 0 Å². The van der Waals surface area contributed by atoms with E-state index in [1.54, 1.807) is 24.4 Å². The standard InChI is InChI=1S/C23H21N5O3/c24-20-8-9-25-23(27-20)26-16-6-4-15(5-7-16)17-2-1-3-18-19(29)14-21(31-22(17)18)28-10-12-30-13-11-28/h1-9,14H,10-13H2,(H3,24,25,26,27). The highest BCUT2D eigenvalue weighted by Gasteiger charge is 2.17. The Hall–Kier alpha value is -3.91. The van der Waals surface area contributed by atoms with Crippen LogP contribution in [0.4, 0.5) is 23.3 Å². The molecule has 1 aliphatic rings. The van der Waals surface area contributed by atoms with Gasteiger partial charge in [0.1, 0.15) is 11.4 Å².